The Kier molecular flexibility index (Phi) is 3.04. The van der Waals surface area contributed by atoms with Gasteiger partial charge in [0.2, 0.25) is 5.82 Å². The monoisotopic (exact) mass is 242 g/mol. The normalized spacial score (nSPS) is 20.2. The molecule has 1 aromatic heterocycles. The molecule has 0 bridgehead atoms. The van der Waals surface area contributed by atoms with Crippen LogP contribution in [0.1, 0.15) is 12.1 Å². The van der Waals surface area contributed by atoms with Gasteiger partial charge in [0, 0.05) is 6.54 Å². The van der Waals surface area contributed by atoms with E-state index in [4.69, 9.17) is 5.73 Å². The number of nitrogen functional groups attached to an aromatic ring is 1. The standard InChI is InChI=1S/C9H14N4O2S/c1-6-8(13(14)15)9(10)12(11-6)4-7-2-3-16-5-7/h7H,2-5,10H2,1H3. The van der Waals surface area contributed by atoms with Gasteiger partial charge in [-0.25, -0.2) is 4.68 Å². The number of anilines is 1. The fourth-order valence-electron chi connectivity index (χ4n) is 1.93. The van der Waals surface area contributed by atoms with Crippen LogP contribution in [0.5, 0.6) is 0 Å². The number of thioether (sulfide) groups is 1. The molecule has 2 heterocycles. The summed E-state index contributed by atoms with van der Waals surface area (Å²) in [6, 6.07) is 0. The number of hydrogen-bond acceptors (Lipinski definition) is 5. The van der Waals surface area contributed by atoms with Gasteiger partial charge in [0.1, 0.15) is 5.69 Å². The van der Waals surface area contributed by atoms with Gasteiger partial charge in [-0.15, -0.1) is 0 Å². The van der Waals surface area contributed by atoms with Gasteiger partial charge in [0.05, 0.1) is 4.92 Å². The number of nitrogens with zero attached hydrogens (tertiary/aromatic N) is 3. The Bertz CT molecular complexity index is 412. The van der Waals surface area contributed by atoms with E-state index in [1.807, 2.05) is 11.8 Å². The van der Waals surface area contributed by atoms with Gasteiger partial charge < -0.3 is 5.73 Å². The van der Waals surface area contributed by atoms with E-state index in [1.165, 1.54) is 0 Å². The molecule has 0 saturated carbocycles. The Balaban J connectivity index is 2.21. The Morgan fingerprint density at radius 1 is 1.75 bits per heavy atom. The minimum absolute atomic E-state index is 0.0503. The zero-order valence-corrected chi connectivity index (χ0v) is 9.87. The summed E-state index contributed by atoms with van der Waals surface area (Å²) in [6.07, 6.45) is 1.14. The Morgan fingerprint density at radius 2 is 2.50 bits per heavy atom. The fraction of sp³-hybridized carbons (Fsp3) is 0.667. The Morgan fingerprint density at radius 3 is 3.00 bits per heavy atom. The molecule has 88 valence electrons. The van der Waals surface area contributed by atoms with Crippen molar-refractivity contribution in [3.63, 3.8) is 0 Å². The quantitative estimate of drug-likeness (QED) is 0.640. The highest BCUT2D eigenvalue weighted by molar-refractivity contribution is 7.99. The maximum atomic E-state index is 10.8. The van der Waals surface area contributed by atoms with E-state index < -0.39 is 4.92 Å². The topological polar surface area (TPSA) is 87.0 Å². The first-order chi connectivity index (χ1) is 7.59. The summed E-state index contributed by atoms with van der Waals surface area (Å²) in [5, 5.41) is 14.9. The largest absolute Gasteiger partial charge is 0.378 e. The van der Waals surface area contributed by atoms with Gasteiger partial charge in [0.15, 0.2) is 0 Å². The highest BCUT2D eigenvalue weighted by atomic mass is 32.2. The van der Waals surface area contributed by atoms with Gasteiger partial charge in [-0.1, -0.05) is 0 Å². The predicted octanol–water partition coefficient (Wildman–Crippen LogP) is 1.44. The molecule has 2 rings (SSSR count). The van der Waals surface area contributed by atoms with Crippen molar-refractivity contribution in [1.29, 1.82) is 0 Å². The molecule has 0 radical (unpaired) electrons. The van der Waals surface area contributed by atoms with Crippen LogP contribution in [0.3, 0.4) is 0 Å². The van der Waals surface area contributed by atoms with Gasteiger partial charge in [-0.05, 0) is 30.8 Å². The summed E-state index contributed by atoms with van der Waals surface area (Å²) in [5.41, 5.74) is 6.08. The molecule has 7 heteroatoms. The van der Waals surface area contributed by atoms with E-state index in [1.54, 1.807) is 11.6 Å². The van der Waals surface area contributed by atoms with E-state index in [0.717, 1.165) is 17.9 Å². The van der Waals surface area contributed by atoms with Crippen LogP contribution in [0.4, 0.5) is 11.5 Å². The lowest BCUT2D eigenvalue weighted by molar-refractivity contribution is -0.384. The van der Waals surface area contributed by atoms with Gasteiger partial charge in [0.25, 0.3) is 0 Å². The van der Waals surface area contributed by atoms with E-state index in [9.17, 15) is 10.1 Å². The number of aryl methyl sites for hydroxylation is 1. The molecule has 1 aliphatic rings. The molecule has 16 heavy (non-hydrogen) atoms. The molecule has 0 aliphatic carbocycles. The Labute approximate surface area is 97.3 Å². The zero-order chi connectivity index (χ0) is 11.7. The summed E-state index contributed by atoms with van der Waals surface area (Å²) in [5.74, 6) is 2.96. The number of nitro groups is 1. The molecular weight excluding hydrogens is 228 g/mol. The van der Waals surface area contributed by atoms with E-state index >= 15 is 0 Å². The molecule has 2 N–H and O–H groups in total. The molecule has 1 aliphatic heterocycles. The highest BCUT2D eigenvalue weighted by Gasteiger charge is 2.25. The smallest absolute Gasteiger partial charge is 0.333 e. The molecule has 0 spiro atoms. The van der Waals surface area contributed by atoms with Gasteiger partial charge in [-0.3, -0.25) is 10.1 Å². The zero-order valence-electron chi connectivity index (χ0n) is 9.05. The van der Waals surface area contributed by atoms with Crippen molar-refractivity contribution in [2.75, 3.05) is 17.2 Å². The second kappa shape index (κ2) is 4.32. The lowest BCUT2D eigenvalue weighted by atomic mass is 10.1. The van der Waals surface area contributed by atoms with E-state index in [0.29, 0.717) is 18.2 Å². The molecule has 1 fully saturated rings. The molecule has 6 nitrogen and oxygen atoms in total. The third-order valence-electron chi connectivity index (χ3n) is 2.77. The van der Waals surface area contributed by atoms with Crippen LogP contribution in [-0.2, 0) is 6.54 Å². The summed E-state index contributed by atoms with van der Waals surface area (Å²) < 4.78 is 1.57. The van der Waals surface area contributed by atoms with Crippen molar-refractivity contribution in [3.8, 4) is 0 Å². The minimum atomic E-state index is -0.461. The first-order valence-corrected chi connectivity index (χ1v) is 6.30. The molecular formula is C9H14N4O2S. The second-order valence-corrected chi connectivity index (χ2v) is 5.14. The summed E-state index contributed by atoms with van der Waals surface area (Å²) in [4.78, 5) is 10.3. The first-order valence-electron chi connectivity index (χ1n) is 5.14. The molecule has 1 atom stereocenters. The molecule has 0 aromatic carbocycles. The average molecular weight is 242 g/mol. The van der Waals surface area contributed by atoms with Crippen LogP contribution >= 0.6 is 11.8 Å². The lowest BCUT2D eigenvalue weighted by Gasteiger charge is -2.08. The van der Waals surface area contributed by atoms with Crippen LogP contribution < -0.4 is 5.73 Å². The van der Waals surface area contributed by atoms with Crippen LogP contribution in [0.2, 0.25) is 0 Å². The number of rotatable bonds is 3. The number of nitrogens with two attached hydrogens (primary N) is 1. The molecule has 1 saturated heterocycles. The van der Waals surface area contributed by atoms with Crippen molar-refractivity contribution in [1.82, 2.24) is 9.78 Å². The number of hydrogen-bond donors (Lipinski definition) is 1. The maximum Gasteiger partial charge on any atom is 0.333 e. The first kappa shape index (κ1) is 11.3. The lowest BCUT2D eigenvalue weighted by Crippen LogP contribution is -2.13. The third-order valence-corrected chi connectivity index (χ3v) is 4.00. The van der Waals surface area contributed by atoms with Gasteiger partial charge >= 0.3 is 5.69 Å². The molecule has 0 amide bonds. The third kappa shape index (κ3) is 1.99. The molecule has 1 unspecified atom stereocenters. The average Bonchev–Trinajstić information content (AvgIpc) is 2.76. The Hall–Kier alpha value is -1.24. The van der Waals surface area contributed by atoms with Crippen LogP contribution in [0, 0.1) is 23.0 Å². The maximum absolute atomic E-state index is 10.8. The van der Waals surface area contributed by atoms with E-state index in [2.05, 4.69) is 5.10 Å². The van der Waals surface area contributed by atoms with Crippen molar-refractivity contribution < 1.29 is 4.92 Å². The van der Waals surface area contributed by atoms with Gasteiger partial charge in [-0.2, -0.15) is 16.9 Å². The summed E-state index contributed by atoms with van der Waals surface area (Å²) in [6.45, 7) is 2.31. The molecule has 1 aromatic rings. The van der Waals surface area contributed by atoms with Crippen molar-refractivity contribution >= 4 is 23.3 Å². The van der Waals surface area contributed by atoms with Crippen molar-refractivity contribution in [2.45, 2.75) is 19.9 Å². The number of aromatic nitrogens is 2. The predicted molar refractivity (Wildman–Crippen MR) is 63.5 cm³/mol. The summed E-state index contributed by atoms with van der Waals surface area (Å²) in [7, 11) is 0. The SMILES string of the molecule is Cc1nn(CC2CCSC2)c(N)c1[N+](=O)[O-]. The fourth-order valence-corrected chi connectivity index (χ4v) is 3.20. The summed E-state index contributed by atoms with van der Waals surface area (Å²) >= 11 is 1.91. The van der Waals surface area contributed by atoms with Crippen LogP contribution in [-0.4, -0.2) is 26.2 Å². The van der Waals surface area contributed by atoms with Crippen molar-refractivity contribution in [2.24, 2.45) is 5.92 Å². The van der Waals surface area contributed by atoms with Crippen LogP contribution in [0.25, 0.3) is 0 Å². The van der Waals surface area contributed by atoms with Crippen molar-refractivity contribution in [3.05, 3.63) is 15.8 Å². The second-order valence-electron chi connectivity index (χ2n) is 3.99. The van der Waals surface area contributed by atoms with Crippen LogP contribution in [0.15, 0.2) is 0 Å². The van der Waals surface area contributed by atoms with E-state index in [-0.39, 0.29) is 11.5 Å². The highest BCUT2D eigenvalue weighted by Crippen LogP contribution is 2.29. The minimum Gasteiger partial charge on any atom is -0.378 e.